The number of hydrogen-bond acceptors (Lipinski definition) is 4. The summed E-state index contributed by atoms with van der Waals surface area (Å²) in [6.45, 7) is 2.37. The number of nitrogens with one attached hydrogen (secondary N) is 1. The van der Waals surface area contributed by atoms with E-state index in [1.54, 1.807) is 11.3 Å². The highest BCUT2D eigenvalue weighted by Gasteiger charge is 2.27. The van der Waals surface area contributed by atoms with E-state index in [0.717, 1.165) is 17.3 Å². The first-order chi connectivity index (χ1) is 8.97. The second-order valence-corrected chi connectivity index (χ2v) is 7.09. The van der Waals surface area contributed by atoms with Crippen LogP contribution in [0.3, 0.4) is 0 Å². The van der Waals surface area contributed by atoms with Gasteiger partial charge in [0.2, 0.25) is 5.91 Å². The van der Waals surface area contributed by atoms with E-state index in [0.29, 0.717) is 12.6 Å². The quantitative estimate of drug-likeness (QED) is 0.830. The molecular weight excluding hydrogens is 326 g/mol. The Morgan fingerprint density at radius 3 is 2.84 bits per heavy atom. The molecule has 2 unspecified atom stereocenters. The molecule has 1 amide bonds. The van der Waals surface area contributed by atoms with Crippen LogP contribution in [-0.4, -0.2) is 36.5 Å². The molecule has 4 nitrogen and oxygen atoms in total. The Morgan fingerprint density at radius 1 is 1.68 bits per heavy atom. The Labute approximate surface area is 126 Å². The third kappa shape index (κ3) is 4.27. The first-order valence-corrected chi connectivity index (χ1v) is 8.13. The normalized spacial score (nSPS) is 18.4. The van der Waals surface area contributed by atoms with Crippen molar-refractivity contribution in [2.75, 3.05) is 13.6 Å². The topological polar surface area (TPSA) is 58.4 Å². The fourth-order valence-electron chi connectivity index (χ4n) is 2.19. The molecule has 0 bridgehead atoms. The van der Waals surface area contributed by atoms with E-state index < -0.39 is 0 Å². The van der Waals surface area contributed by atoms with Crippen molar-refractivity contribution in [3.05, 3.63) is 20.8 Å². The zero-order valence-corrected chi connectivity index (χ0v) is 13.6. The Kier molecular flexibility index (Phi) is 5.00. The van der Waals surface area contributed by atoms with E-state index in [1.807, 2.05) is 24.3 Å². The monoisotopic (exact) mass is 345 g/mol. The van der Waals surface area contributed by atoms with Crippen LogP contribution in [0.2, 0.25) is 0 Å². The third-order valence-electron chi connectivity index (χ3n) is 3.19. The Morgan fingerprint density at radius 2 is 2.37 bits per heavy atom. The summed E-state index contributed by atoms with van der Waals surface area (Å²) >= 11 is 5.13. The van der Waals surface area contributed by atoms with Gasteiger partial charge in [0.05, 0.1) is 12.6 Å². The number of thiophene rings is 1. The van der Waals surface area contributed by atoms with Gasteiger partial charge in [-0.25, -0.2) is 0 Å². The van der Waals surface area contributed by atoms with Gasteiger partial charge in [0.1, 0.15) is 0 Å². The van der Waals surface area contributed by atoms with Gasteiger partial charge in [-0.05, 0) is 48.8 Å². The zero-order valence-electron chi connectivity index (χ0n) is 11.2. The van der Waals surface area contributed by atoms with Gasteiger partial charge in [-0.3, -0.25) is 9.69 Å². The molecule has 0 radical (unpaired) electrons. The van der Waals surface area contributed by atoms with Crippen molar-refractivity contribution in [1.82, 2.24) is 10.2 Å². The van der Waals surface area contributed by atoms with Gasteiger partial charge in [-0.2, -0.15) is 0 Å². The van der Waals surface area contributed by atoms with Gasteiger partial charge in [-0.15, -0.1) is 11.3 Å². The van der Waals surface area contributed by atoms with Gasteiger partial charge in [0.15, 0.2) is 0 Å². The first-order valence-electron chi connectivity index (χ1n) is 6.46. The Hall–Kier alpha value is -0.430. The summed E-state index contributed by atoms with van der Waals surface area (Å²) in [4.78, 5) is 15.1. The van der Waals surface area contributed by atoms with Crippen LogP contribution in [-0.2, 0) is 4.79 Å². The number of rotatable bonds is 6. The lowest BCUT2D eigenvalue weighted by atomic mass is 10.1. The van der Waals surface area contributed by atoms with Crippen molar-refractivity contribution in [3.63, 3.8) is 0 Å². The van der Waals surface area contributed by atoms with Gasteiger partial charge in [-0.1, -0.05) is 0 Å². The maximum Gasteiger partial charge on any atom is 0.234 e. The maximum absolute atomic E-state index is 11.9. The minimum absolute atomic E-state index is 0.0238. The van der Waals surface area contributed by atoms with E-state index in [9.17, 15) is 4.79 Å². The smallest absolute Gasteiger partial charge is 0.234 e. The van der Waals surface area contributed by atoms with Crippen LogP contribution in [0.1, 0.15) is 30.7 Å². The highest BCUT2D eigenvalue weighted by atomic mass is 79.9. The molecule has 1 aromatic heterocycles. The van der Waals surface area contributed by atoms with Crippen LogP contribution in [0, 0.1) is 0 Å². The summed E-state index contributed by atoms with van der Waals surface area (Å²) in [5, 5.41) is 5.05. The average Bonchev–Trinajstić information content (AvgIpc) is 3.00. The minimum Gasteiger partial charge on any atom is -0.352 e. The summed E-state index contributed by atoms with van der Waals surface area (Å²) < 4.78 is 1.06. The van der Waals surface area contributed by atoms with E-state index in [2.05, 4.69) is 27.3 Å². The average molecular weight is 346 g/mol. The predicted molar refractivity (Wildman–Crippen MR) is 82.2 cm³/mol. The summed E-state index contributed by atoms with van der Waals surface area (Å²) in [7, 11) is 1.95. The number of carbonyl (C=O) groups is 1. The minimum atomic E-state index is -0.0238. The van der Waals surface area contributed by atoms with Crippen LogP contribution in [0.15, 0.2) is 15.9 Å². The SMILES string of the molecule is CC(N)C(c1cc(Br)cs1)N(C)CC(=O)NC1CC1. The maximum atomic E-state index is 11.9. The highest BCUT2D eigenvalue weighted by molar-refractivity contribution is 9.10. The molecule has 1 aliphatic carbocycles. The van der Waals surface area contributed by atoms with Crippen molar-refractivity contribution in [2.45, 2.75) is 37.9 Å². The van der Waals surface area contributed by atoms with E-state index in [1.165, 1.54) is 4.88 Å². The van der Waals surface area contributed by atoms with Gasteiger partial charge in [0, 0.05) is 26.8 Å². The summed E-state index contributed by atoms with van der Waals surface area (Å²) in [6, 6.07) is 2.53. The van der Waals surface area contributed by atoms with Crippen LogP contribution in [0.4, 0.5) is 0 Å². The second-order valence-electron chi connectivity index (χ2n) is 5.23. The molecule has 3 N–H and O–H groups in total. The van der Waals surface area contributed by atoms with Crippen LogP contribution in [0.25, 0.3) is 0 Å². The molecule has 0 aliphatic heterocycles. The number of carbonyl (C=O) groups excluding carboxylic acids is 1. The molecule has 1 aromatic rings. The molecule has 2 atom stereocenters. The Bertz CT molecular complexity index is 445. The van der Waals surface area contributed by atoms with E-state index >= 15 is 0 Å². The number of hydrogen-bond donors (Lipinski definition) is 2. The Balaban J connectivity index is 1.99. The van der Waals surface area contributed by atoms with Crippen LogP contribution < -0.4 is 11.1 Å². The van der Waals surface area contributed by atoms with Crippen molar-refractivity contribution >= 4 is 33.2 Å². The molecule has 2 rings (SSSR count). The van der Waals surface area contributed by atoms with Crippen molar-refractivity contribution < 1.29 is 4.79 Å². The largest absolute Gasteiger partial charge is 0.352 e. The molecule has 6 heteroatoms. The lowest BCUT2D eigenvalue weighted by Gasteiger charge is -2.29. The fraction of sp³-hybridized carbons (Fsp3) is 0.615. The van der Waals surface area contributed by atoms with E-state index in [-0.39, 0.29) is 18.0 Å². The van der Waals surface area contributed by atoms with Crippen molar-refractivity contribution in [3.8, 4) is 0 Å². The number of halogens is 1. The van der Waals surface area contributed by atoms with Crippen LogP contribution in [0.5, 0.6) is 0 Å². The second kappa shape index (κ2) is 6.35. The predicted octanol–water partition coefficient (Wildman–Crippen LogP) is 2.11. The molecule has 19 heavy (non-hydrogen) atoms. The first kappa shape index (κ1) is 15.0. The zero-order chi connectivity index (χ0) is 14.0. The standard InChI is InChI=1S/C13H20BrN3OS/c1-8(15)13(11-5-9(14)7-19-11)17(2)6-12(18)16-10-3-4-10/h5,7-8,10,13H,3-4,6,15H2,1-2H3,(H,16,18). The van der Waals surface area contributed by atoms with Gasteiger partial charge >= 0.3 is 0 Å². The lowest BCUT2D eigenvalue weighted by Crippen LogP contribution is -2.42. The third-order valence-corrected chi connectivity index (χ3v) is 4.95. The molecule has 1 saturated carbocycles. The number of nitrogens with zero attached hydrogens (tertiary/aromatic N) is 1. The summed E-state index contributed by atoms with van der Waals surface area (Å²) in [5.74, 6) is 0.0891. The number of likely N-dealkylation sites (N-methyl/N-ethyl adjacent to an activating group) is 1. The molecule has 1 fully saturated rings. The van der Waals surface area contributed by atoms with E-state index in [4.69, 9.17) is 5.73 Å². The molecule has 0 spiro atoms. The molecule has 0 aromatic carbocycles. The van der Waals surface area contributed by atoms with Crippen LogP contribution >= 0.6 is 27.3 Å². The molecule has 1 aliphatic rings. The summed E-state index contributed by atoms with van der Waals surface area (Å²) in [5.41, 5.74) is 6.09. The molecular formula is C13H20BrN3OS. The number of nitrogens with two attached hydrogens (primary N) is 1. The molecule has 0 saturated heterocycles. The molecule has 1 heterocycles. The van der Waals surface area contributed by atoms with Gasteiger partial charge in [0.25, 0.3) is 0 Å². The summed E-state index contributed by atoms with van der Waals surface area (Å²) in [6.07, 6.45) is 2.23. The van der Waals surface area contributed by atoms with Crippen molar-refractivity contribution in [2.24, 2.45) is 5.73 Å². The van der Waals surface area contributed by atoms with Gasteiger partial charge < -0.3 is 11.1 Å². The highest BCUT2D eigenvalue weighted by Crippen LogP contribution is 2.30. The fourth-order valence-corrected chi connectivity index (χ4v) is 3.91. The van der Waals surface area contributed by atoms with Crippen molar-refractivity contribution in [1.29, 1.82) is 0 Å². The number of amides is 1. The molecule has 106 valence electrons. The lowest BCUT2D eigenvalue weighted by molar-refractivity contribution is -0.122.